The second kappa shape index (κ2) is 5.94. The lowest BCUT2D eigenvalue weighted by Crippen LogP contribution is -2.24. The second-order valence-electron chi connectivity index (χ2n) is 5.46. The van der Waals surface area contributed by atoms with Crippen molar-refractivity contribution in [1.82, 2.24) is 0 Å². The van der Waals surface area contributed by atoms with E-state index in [2.05, 4.69) is 30.9 Å². The number of hydrogen-bond donors (Lipinski definition) is 1. The molecule has 2 rings (SSSR count). The van der Waals surface area contributed by atoms with E-state index < -0.39 is 0 Å². The van der Waals surface area contributed by atoms with Gasteiger partial charge in [-0.1, -0.05) is 31.0 Å². The second-order valence-corrected chi connectivity index (χ2v) is 5.90. The molecule has 1 aliphatic heterocycles. The van der Waals surface area contributed by atoms with Gasteiger partial charge < -0.3 is 10.6 Å². The third kappa shape index (κ3) is 3.18. The molecule has 0 saturated carbocycles. The van der Waals surface area contributed by atoms with Crippen LogP contribution in [0.5, 0.6) is 0 Å². The summed E-state index contributed by atoms with van der Waals surface area (Å²) in [4.78, 5) is 2.47. The zero-order chi connectivity index (χ0) is 13.1. The van der Waals surface area contributed by atoms with Crippen LogP contribution in [0.3, 0.4) is 0 Å². The van der Waals surface area contributed by atoms with E-state index in [-0.39, 0.29) is 6.04 Å². The fourth-order valence-corrected chi connectivity index (χ4v) is 2.90. The van der Waals surface area contributed by atoms with Crippen molar-refractivity contribution in [2.45, 2.75) is 39.2 Å². The topological polar surface area (TPSA) is 29.3 Å². The van der Waals surface area contributed by atoms with Crippen molar-refractivity contribution in [1.29, 1.82) is 0 Å². The average molecular weight is 267 g/mol. The number of nitrogens with zero attached hydrogens (tertiary/aromatic N) is 1. The number of hydrogen-bond acceptors (Lipinski definition) is 2. The minimum Gasteiger partial charge on any atom is -0.371 e. The number of benzene rings is 1. The molecular weight excluding hydrogens is 244 g/mol. The Labute approximate surface area is 115 Å². The third-order valence-corrected chi connectivity index (χ3v) is 4.03. The van der Waals surface area contributed by atoms with Gasteiger partial charge in [0.05, 0.1) is 0 Å². The molecule has 1 fully saturated rings. The van der Waals surface area contributed by atoms with Gasteiger partial charge in [0.1, 0.15) is 0 Å². The highest BCUT2D eigenvalue weighted by Gasteiger charge is 2.23. The molecule has 2 atom stereocenters. The van der Waals surface area contributed by atoms with Crippen molar-refractivity contribution in [3.8, 4) is 0 Å². The predicted molar refractivity (Wildman–Crippen MR) is 79.4 cm³/mol. The molecule has 2 unspecified atom stereocenters. The Hall–Kier alpha value is -0.730. The molecule has 1 aromatic carbocycles. The molecule has 1 heterocycles. The van der Waals surface area contributed by atoms with Crippen LogP contribution in [-0.4, -0.2) is 19.1 Å². The highest BCUT2D eigenvalue weighted by molar-refractivity contribution is 6.30. The average Bonchev–Trinajstić information content (AvgIpc) is 2.79. The minimum atomic E-state index is 0.189. The fourth-order valence-electron chi connectivity index (χ4n) is 2.74. The summed E-state index contributed by atoms with van der Waals surface area (Å²) in [7, 11) is 0. The standard InChI is InChI=1S/C15H23ClN2/c1-3-12-6-7-18(10-12)15-9-14(16)5-4-13(15)8-11(2)17/h4-5,9,11-12H,3,6-8,10,17H2,1-2H3. The molecule has 18 heavy (non-hydrogen) atoms. The molecule has 3 heteroatoms. The van der Waals surface area contributed by atoms with Crippen LogP contribution >= 0.6 is 11.6 Å². The molecule has 1 saturated heterocycles. The lowest BCUT2D eigenvalue weighted by Gasteiger charge is -2.23. The Kier molecular flexibility index (Phi) is 4.52. The first kappa shape index (κ1) is 13.7. The summed E-state index contributed by atoms with van der Waals surface area (Å²) in [5.41, 5.74) is 8.54. The van der Waals surface area contributed by atoms with E-state index in [0.717, 1.165) is 30.5 Å². The molecule has 0 aliphatic carbocycles. The number of anilines is 1. The monoisotopic (exact) mass is 266 g/mol. The summed E-state index contributed by atoms with van der Waals surface area (Å²) in [6.07, 6.45) is 3.47. The van der Waals surface area contributed by atoms with Crippen molar-refractivity contribution in [2.75, 3.05) is 18.0 Å². The molecule has 0 aromatic heterocycles. The van der Waals surface area contributed by atoms with Gasteiger partial charge in [0.25, 0.3) is 0 Å². The molecule has 1 aromatic rings. The SMILES string of the molecule is CCC1CCN(c2cc(Cl)ccc2CC(C)N)C1. The molecule has 0 amide bonds. The van der Waals surface area contributed by atoms with Crippen molar-refractivity contribution < 1.29 is 0 Å². The third-order valence-electron chi connectivity index (χ3n) is 3.79. The van der Waals surface area contributed by atoms with Crippen LogP contribution in [-0.2, 0) is 6.42 Å². The van der Waals surface area contributed by atoms with E-state index in [1.54, 1.807) is 0 Å². The van der Waals surface area contributed by atoms with Crippen LogP contribution in [0, 0.1) is 5.92 Å². The van der Waals surface area contributed by atoms with Crippen molar-refractivity contribution >= 4 is 17.3 Å². The van der Waals surface area contributed by atoms with E-state index >= 15 is 0 Å². The molecule has 2 N–H and O–H groups in total. The molecule has 2 nitrogen and oxygen atoms in total. The molecule has 1 aliphatic rings. The first-order valence-corrected chi connectivity index (χ1v) is 7.27. The van der Waals surface area contributed by atoms with Gasteiger partial charge in [0.15, 0.2) is 0 Å². The summed E-state index contributed by atoms with van der Waals surface area (Å²) >= 11 is 6.14. The van der Waals surface area contributed by atoms with E-state index in [0.29, 0.717) is 0 Å². The molecule has 0 radical (unpaired) electrons. The zero-order valence-corrected chi connectivity index (χ0v) is 12.1. The van der Waals surface area contributed by atoms with Gasteiger partial charge in [-0.15, -0.1) is 0 Å². The summed E-state index contributed by atoms with van der Waals surface area (Å²) in [5.74, 6) is 0.826. The maximum Gasteiger partial charge on any atom is 0.0426 e. The highest BCUT2D eigenvalue weighted by Crippen LogP contribution is 2.31. The van der Waals surface area contributed by atoms with Gasteiger partial charge in [-0.3, -0.25) is 0 Å². The predicted octanol–water partition coefficient (Wildman–Crippen LogP) is 3.47. The largest absolute Gasteiger partial charge is 0.371 e. The summed E-state index contributed by atoms with van der Waals surface area (Å²) < 4.78 is 0. The quantitative estimate of drug-likeness (QED) is 0.904. The van der Waals surface area contributed by atoms with Gasteiger partial charge in [0.2, 0.25) is 0 Å². The van der Waals surface area contributed by atoms with Crippen molar-refractivity contribution in [3.05, 3.63) is 28.8 Å². The van der Waals surface area contributed by atoms with Crippen LogP contribution in [0.25, 0.3) is 0 Å². The van der Waals surface area contributed by atoms with E-state index in [1.807, 2.05) is 6.07 Å². The van der Waals surface area contributed by atoms with Gasteiger partial charge in [-0.25, -0.2) is 0 Å². The lowest BCUT2D eigenvalue weighted by atomic mass is 10.0. The normalized spacial score (nSPS) is 21.3. The fraction of sp³-hybridized carbons (Fsp3) is 0.600. The van der Waals surface area contributed by atoms with Gasteiger partial charge in [0, 0.05) is 29.8 Å². The van der Waals surface area contributed by atoms with Gasteiger partial charge >= 0.3 is 0 Å². The van der Waals surface area contributed by atoms with Crippen molar-refractivity contribution in [2.24, 2.45) is 11.7 Å². The van der Waals surface area contributed by atoms with Crippen LogP contribution in [0.2, 0.25) is 5.02 Å². The number of nitrogens with two attached hydrogens (primary N) is 1. The Balaban J connectivity index is 2.22. The zero-order valence-electron chi connectivity index (χ0n) is 11.3. The first-order valence-electron chi connectivity index (χ1n) is 6.89. The first-order chi connectivity index (χ1) is 8.60. The van der Waals surface area contributed by atoms with Crippen LogP contribution < -0.4 is 10.6 Å². The van der Waals surface area contributed by atoms with E-state index in [1.165, 1.54) is 24.1 Å². The summed E-state index contributed by atoms with van der Waals surface area (Å²) in [5, 5.41) is 0.818. The van der Waals surface area contributed by atoms with Crippen LogP contribution in [0.15, 0.2) is 18.2 Å². The van der Waals surface area contributed by atoms with Gasteiger partial charge in [-0.05, 0) is 43.4 Å². The Morgan fingerprint density at radius 3 is 2.89 bits per heavy atom. The summed E-state index contributed by atoms with van der Waals surface area (Å²) in [6.45, 7) is 6.62. The van der Waals surface area contributed by atoms with E-state index in [4.69, 9.17) is 17.3 Å². The van der Waals surface area contributed by atoms with Crippen LogP contribution in [0.1, 0.15) is 32.3 Å². The lowest BCUT2D eigenvalue weighted by molar-refractivity contribution is 0.569. The molecular formula is C15H23ClN2. The Morgan fingerprint density at radius 2 is 2.28 bits per heavy atom. The van der Waals surface area contributed by atoms with E-state index in [9.17, 15) is 0 Å². The molecule has 100 valence electrons. The van der Waals surface area contributed by atoms with Crippen molar-refractivity contribution in [3.63, 3.8) is 0 Å². The Bertz CT molecular complexity index is 403. The Morgan fingerprint density at radius 1 is 1.50 bits per heavy atom. The van der Waals surface area contributed by atoms with Crippen LogP contribution in [0.4, 0.5) is 5.69 Å². The smallest absolute Gasteiger partial charge is 0.0426 e. The maximum absolute atomic E-state index is 6.14. The molecule has 0 spiro atoms. The molecule has 0 bridgehead atoms. The number of rotatable bonds is 4. The minimum absolute atomic E-state index is 0.189. The summed E-state index contributed by atoms with van der Waals surface area (Å²) in [6, 6.07) is 6.38. The highest BCUT2D eigenvalue weighted by atomic mass is 35.5. The number of halogens is 1. The van der Waals surface area contributed by atoms with Gasteiger partial charge in [-0.2, -0.15) is 0 Å². The maximum atomic E-state index is 6.14.